The molecule has 0 aromatic heterocycles. The molecule has 1 fully saturated rings. The van der Waals surface area contributed by atoms with Gasteiger partial charge in [-0.3, -0.25) is 4.79 Å². The molecule has 11 heavy (non-hydrogen) atoms. The van der Waals surface area contributed by atoms with Crippen molar-refractivity contribution in [2.75, 3.05) is 13.1 Å². The van der Waals surface area contributed by atoms with E-state index < -0.39 is 0 Å². The van der Waals surface area contributed by atoms with Crippen LogP contribution in [0.15, 0.2) is 12.7 Å². The fraction of sp³-hybridized carbons (Fsp3) is 0.625. The molecule has 0 atom stereocenters. The Labute approximate surface area is 66.9 Å². The molecule has 0 aromatic rings. The van der Waals surface area contributed by atoms with Crippen LogP contribution in [0.1, 0.15) is 12.8 Å². The van der Waals surface area contributed by atoms with E-state index in [9.17, 15) is 4.79 Å². The van der Waals surface area contributed by atoms with Crippen LogP contribution in [0.25, 0.3) is 0 Å². The quantitative estimate of drug-likeness (QED) is 0.551. The summed E-state index contributed by atoms with van der Waals surface area (Å²) in [5.74, 6) is -0.0584. The maximum Gasteiger partial charge on any atom is 0.243 e. The molecule has 1 rings (SSSR count). The van der Waals surface area contributed by atoms with Gasteiger partial charge in [0.2, 0.25) is 5.91 Å². The van der Waals surface area contributed by atoms with Crippen LogP contribution in [0.2, 0.25) is 0 Å². The predicted molar refractivity (Wildman–Crippen MR) is 44.2 cm³/mol. The van der Waals surface area contributed by atoms with Crippen LogP contribution in [0, 0.1) is 0 Å². The molecule has 1 heterocycles. The number of hydrogen-bond donors (Lipinski definition) is 2. The molecular formula is C8H14N2O. The monoisotopic (exact) mass is 154 g/mol. The van der Waals surface area contributed by atoms with Gasteiger partial charge in [-0.2, -0.15) is 0 Å². The fourth-order valence-electron chi connectivity index (χ4n) is 1.23. The van der Waals surface area contributed by atoms with Gasteiger partial charge in [0, 0.05) is 6.04 Å². The zero-order chi connectivity index (χ0) is 8.10. The first-order chi connectivity index (χ1) is 5.33. The van der Waals surface area contributed by atoms with E-state index in [4.69, 9.17) is 0 Å². The first-order valence-corrected chi connectivity index (χ1v) is 3.96. The number of rotatable bonds is 2. The minimum atomic E-state index is -0.0584. The van der Waals surface area contributed by atoms with Crippen LogP contribution in [0.5, 0.6) is 0 Å². The number of piperidine rings is 1. The number of carbonyl (C=O) groups excluding carboxylic acids is 1. The van der Waals surface area contributed by atoms with Crippen LogP contribution in [0.4, 0.5) is 0 Å². The van der Waals surface area contributed by atoms with Crippen LogP contribution >= 0.6 is 0 Å². The van der Waals surface area contributed by atoms with E-state index in [0.29, 0.717) is 6.04 Å². The van der Waals surface area contributed by atoms with E-state index in [1.165, 1.54) is 6.08 Å². The van der Waals surface area contributed by atoms with Gasteiger partial charge in [0.25, 0.3) is 0 Å². The Balaban J connectivity index is 2.24. The lowest BCUT2D eigenvalue weighted by molar-refractivity contribution is -0.117. The van der Waals surface area contributed by atoms with Gasteiger partial charge in [0.15, 0.2) is 0 Å². The third-order valence-corrected chi connectivity index (χ3v) is 1.87. The molecule has 62 valence electrons. The Bertz CT molecular complexity index is 150. The molecule has 0 aromatic carbocycles. The smallest absolute Gasteiger partial charge is 0.243 e. The normalized spacial score (nSPS) is 19.3. The highest BCUT2D eigenvalue weighted by molar-refractivity contribution is 5.87. The second-order valence-corrected chi connectivity index (χ2v) is 2.74. The highest BCUT2D eigenvalue weighted by atomic mass is 16.1. The second-order valence-electron chi connectivity index (χ2n) is 2.74. The number of hydrogen-bond acceptors (Lipinski definition) is 2. The second kappa shape index (κ2) is 4.13. The Hall–Kier alpha value is -0.830. The van der Waals surface area contributed by atoms with Crippen molar-refractivity contribution in [1.29, 1.82) is 0 Å². The molecule has 0 spiro atoms. The van der Waals surface area contributed by atoms with Gasteiger partial charge >= 0.3 is 0 Å². The minimum Gasteiger partial charge on any atom is -0.350 e. The molecule has 2 N–H and O–H groups in total. The van der Waals surface area contributed by atoms with Crippen molar-refractivity contribution >= 4 is 5.91 Å². The summed E-state index contributed by atoms with van der Waals surface area (Å²) in [4.78, 5) is 10.8. The number of amides is 1. The molecule has 1 aliphatic rings. The van der Waals surface area contributed by atoms with Gasteiger partial charge < -0.3 is 10.6 Å². The number of carbonyl (C=O) groups is 1. The molecule has 0 saturated carbocycles. The molecule has 1 saturated heterocycles. The van der Waals surface area contributed by atoms with Crippen molar-refractivity contribution in [3.63, 3.8) is 0 Å². The third kappa shape index (κ3) is 2.72. The molecule has 0 unspecified atom stereocenters. The van der Waals surface area contributed by atoms with Crippen molar-refractivity contribution in [3.8, 4) is 0 Å². The van der Waals surface area contributed by atoms with E-state index in [-0.39, 0.29) is 5.91 Å². The van der Waals surface area contributed by atoms with Crippen LogP contribution in [-0.4, -0.2) is 25.0 Å². The molecule has 0 aliphatic carbocycles. The Morgan fingerprint density at radius 3 is 2.73 bits per heavy atom. The molecule has 0 bridgehead atoms. The van der Waals surface area contributed by atoms with E-state index >= 15 is 0 Å². The average Bonchev–Trinajstić information content (AvgIpc) is 2.06. The summed E-state index contributed by atoms with van der Waals surface area (Å²) >= 11 is 0. The fourth-order valence-corrected chi connectivity index (χ4v) is 1.23. The van der Waals surface area contributed by atoms with Crippen molar-refractivity contribution < 1.29 is 4.79 Å². The SMILES string of the molecule is C=CC(=O)NC1CCNCC1. The van der Waals surface area contributed by atoms with Crippen molar-refractivity contribution in [2.24, 2.45) is 0 Å². The summed E-state index contributed by atoms with van der Waals surface area (Å²) in [5.41, 5.74) is 0. The first-order valence-electron chi connectivity index (χ1n) is 3.96. The standard InChI is InChI=1S/C8H14N2O/c1-2-8(11)10-7-3-5-9-6-4-7/h2,7,9H,1,3-6H2,(H,10,11). The highest BCUT2D eigenvalue weighted by Crippen LogP contribution is 2.00. The van der Waals surface area contributed by atoms with Crippen LogP contribution < -0.4 is 10.6 Å². The van der Waals surface area contributed by atoms with Crippen molar-refractivity contribution in [2.45, 2.75) is 18.9 Å². The molecule has 3 nitrogen and oxygen atoms in total. The van der Waals surface area contributed by atoms with Gasteiger partial charge in [-0.05, 0) is 32.0 Å². The Morgan fingerprint density at radius 1 is 1.55 bits per heavy atom. The summed E-state index contributed by atoms with van der Waals surface area (Å²) < 4.78 is 0. The molecule has 1 aliphatic heterocycles. The van der Waals surface area contributed by atoms with Gasteiger partial charge in [-0.1, -0.05) is 6.58 Å². The molecular weight excluding hydrogens is 140 g/mol. The predicted octanol–water partition coefficient (Wildman–Crippen LogP) is 0.0406. The van der Waals surface area contributed by atoms with Crippen molar-refractivity contribution in [3.05, 3.63) is 12.7 Å². The van der Waals surface area contributed by atoms with Gasteiger partial charge in [-0.15, -0.1) is 0 Å². The number of nitrogens with one attached hydrogen (secondary N) is 2. The van der Waals surface area contributed by atoms with E-state index in [0.717, 1.165) is 25.9 Å². The van der Waals surface area contributed by atoms with E-state index in [2.05, 4.69) is 17.2 Å². The lowest BCUT2D eigenvalue weighted by Gasteiger charge is -2.22. The minimum absolute atomic E-state index is 0.0584. The molecule has 0 radical (unpaired) electrons. The highest BCUT2D eigenvalue weighted by Gasteiger charge is 2.12. The Morgan fingerprint density at radius 2 is 2.18 bits per heavy atom. The summed E-state index contributed by atoms with van der Waals surface area (Å²) in [6.07, 6.45) is 3.38. The van der Waals surface area contributed by atoms with Crippen molar-refractivity contribution in [1.82, 2.24) is 10.6 Å². The molecule has 1 amide bonds. The average molecular weight is 154 g/mol. The summed E-state index contributed by atoms with van der Waals surface area (Å²) in [6.45, 7) is 5.40. The summed E-state index contributed by atoms with van der Waals surface area (Å²) in [7, 11) is 0. The van der Waals surface area contributed by atoms with Gasteiger partial charge in [0.05, 0.1) is 0 Å². The maximum absolute atomic E-state index is 10.8. The van der Waals surface area contributed by atoms with Gasteiger partial charge in [-0.25, -0.2) is 0 Å². The lowest BCUT2D eigenvalue weighted by Crippen LogP contribution is -2.42. The summed E-state index contributed by atoms with van der Waals surface area (Å²) in [6, 6.07) is 0.349. The topological polar surface area (TPSA) is 41.1 Å². The first kappa shape index (κ1) is 8.27. The maximum atomic E-state index is 10.8. The largest absolute Gasteiger partial charge is 0.350 e. The summed E-state index contributed by atoms with van der Waals surface area (Å²) in [5, 5.41) is 6.10. The lowest BCUT2D eigenvalue weighted by atomic mass is 10.1. The Kier molecular flexibility index (Phi) is 3.11. The van der Waals surface area contributed by atoms with Crippen LogP contribution in [-0.2, 0) is 4.79 Å². The zero-order valence-corrected chi connectivity index (χ0v) is 6.60. The van der Waals surface area contributed by atoms with Gasteiger partial charge in [0.1, 0.15) is 0 Å². The van der Waals surface area contributed by atoms with E-state index in [1.54, 1.807) is 0 Å². The zero-order valence-electron chi connectivity index (χ0n) is 6.60. The van der Waals surface area contributed by atoms with Crippen LogP contribution in [0.3, 0.4) is 0 Å². The third-order valence-electron chi connectivity index (χ3n) is 1.87. The van der Waals surface area contributed by atoms with E-state index in [1.807, 2.05) is 0 Å². The molecule has 3 heteroatoms.